The molecular weight excluding hydrogens is 296 g/mol. The predicted molar refractivity (Wildman–Crippen MR) is 83.7 cm³/mol. The number of fused-ring (bicyclic) bond motifs is 1. The van der Waals surface area contributed by atoms with Gasteiger partial charge in [-0.25, -0.2) is 4.79 Å². The van der Waals surface area contributed by atoms with Gasteiger partial charge in [0.2, 0.25) is 11.8 Å². The Morgan fingerprint density at radius 1 is 1.35 bits per heavy atom. The van der Waals surface area contributed by atoms with E-state index >= 15 is 0 Å². The first-order chi connectivity index (χ1) is 10.8. The fraction of sp³-hybridized carbons (Fsp3) is 0.812. The highest BCUT2D eigenvalue weighted by atomic mass is 16.6. The molecule has 2 aliphatic rings. The lowest BCUT2D eigenvalue weighted by Crippen LogP contribution is -2.42. The number of carbonyl (C=O) groups is 1. The fourth-order valence-corrected chi connectivity index (χ4v) is 3.72. The van der Waals surface area contributed by atoms with E-state index in [9.17, 15) is 4.79 Å². The Kier molecular flexibility index (Phi) is 4.31. The topological polar surface area (TPSA) is 80.5 Å². The van der Waals surface area contributed by atoms with Gasteiger partial charge in [-0.1, -0.05) is 0 Å². The summed E-state index contributed by atoms with van der Waals surface area (Å²) in [4.78, 5) is 14.3. The number of nitrogens with zero attached hydrogens (tertiary/aromatic N) is 3. The number of aromatic nitrogens is 2. The zero-order valence-corrected chi connectivity index (χ0v) is 14.3. The van der Waals surface area contributed by atoms with Crippen LogP contribution in [0.2, 0.25) is 0 Å². The Balaban J connectivity index is 1.53. The minimum absolute atomic E-state index is 0.198. The monoisotopic (exact) mass is 322 g/mol. The van der Waals surface area contributed by atoms with Gasteiger partial charge in [0.1, 0.15) is 5.60 Å². The second kappa shape index (κ2) is 6.11. The molecule has 1 aliphatic heterocycles. The second-order valence-electron chi connectivity index (χ2n) is 7.66. The maximum Gasteiger partial charge on any atom is 0.407 e. The summed E-state index contributed by atoms with van der Waals surface area (Å²) in [5.41, 5.74) is -0.459. The highest BCUT2D eigenvalue weighted by Gasteiger charge is 2.43. The first kappa shape index (κ1) is 16.2. The van der Waals surface area contributed by atoms with E-state index in [1.165, 1.54) is 0 Å². The summed E-state index contributed by atoms with van der Waals surface area (Å²) in [6, 6.07) is 0.198. The molecule has 0 radical (unpaired) electrons. The first-order valence-electron chi connectivity index (χ1n) is 8.31. The van der Waals surface area contributed by atoms with Crippen molar-refractivity contribution in [2.75, 3.05) is 13.1 Å². The van der Waals surface area contributed by atoms with E-state index in [0.717, 1.165) is 25.9 Å². The zero-order valence-electron chi connectivity index (χ0n) is 14.3. The molecule has 1 aromatic heterocycles. The van der Waals surface area contributed by atoms with Crippen LogP contribution in [-0.2, 0) is 11.3 Å². The number of amides is 1. The minimum Gasteiger partial charge on any atom is -0.444 e. The summed E-state index contributed by atoms with van der Waals surface area (Å²) in [6.45, 7) is 10.1. The van der Waals surface area contributed by atoms with Gasteiger partial charge in [0.05, 0.1) is 6.54 Å². The molecule has 0 aromatic carbocycles. The molecule has 3 atom stereocenters. The number of alkyl carbamates (subject to hydrolysis) is 1. The van der Waals surface area contributed by atoms with Gasteiger partial charge in [0.25, 0.3) is 0 Å². The van der Waals surface area contributed by atoms with Crippen LogP contribution >= 0.6 is 0 Å². The van der Waals surface area contributed by atoms with E-state index in [4.69, 9.17) is 9.15 Å². The third kappa shape index (κ3) is 4.02. The van der Waals surface area contributed by atoms with Gasteiger partial charge in [-0.3, -0.25) is 4.90 Å². The van der Waals surface area contributed by atoms with Crippen molar-refractivity contribution in [2.45, 2.75) is 58.7 Å². The van der Waals surface area contributed by atoms with Crippen molar-refractivity contribution in [2.24, 2.45) is 11.8 Å². The molecule has 0 unspecified atom stereocenters. The van der Waals surface area contributed by atoms with Crippen LogP contribution in [0, 0.1) is 18.8 Å². The fourth-order valence-electron chi connectivity index (χ4n) is 3.72. The standard InChI is InChI=1S/C16H26N4O3/c1-10-18-19-14(22-10)9-20-7-11-5-6-13(12(11)8-20)17-15(21)23-16(2,3)4/h11-13H,5-9H2,1-4H3,(H,17,21)/t11-,12-,13-/m0/s1. The summed E-state index contributed by atoms with van der Waals surface area (Å²) in [5, 5.41) is 11.0. The number of nitrogens with one attached hydrogen (secondary N) is 1. The Labute approximate surface area is 136 Å². The molecular formula is C16H26N4O3. The summed E-state index contributed by atoms with van der Waals surface area (Å²) in [7, 11) is 0. The van der Waals surface area contributed by atoms with Crippen molar-refractivity contribution in [3.05, 3.63) is 11.8 Å². The van der Waals surface area contributed by atoms with E-state index in [1.807, 2.05) is 20.8 Å². The van der Waals surface area contributed by atoms with Crippen LogP contribution in [-0.4, -0.2) is 45.9 Å². The number of carbonyl (C=O) groups excluding carboxylic acids is 1. The van der Waals surface area contributed by atoms with E-state index in [1.54, 1.807) is 6.92 Å². The summed E-state index contributed by atoms with van der Waals surface area (Å²) in [5.74, 6) is 2.37. The van der Waals surface area contributed by atoms with Crippen LogP contribution in [0.25, 0.3) is 0 Å². The van der Waals surface area contributed by atoms with E-state index in [2.05, 4.69) is 20.4 Å². The Bertz CT molecular complexity index is 566. The highest BCUT2D eigenvalue weighted by molar-refractivity contribution is 5.68. The average molecular weight is 322 g/mol. The zero-order chi connectivity index (χ0) is 16.6. The molecule has 1 amide bonds. The molecule has 23 heavy (non-hydrogen) atoms. The predicted octanol–water partition coefficient (Wildman–Crippen LogP) is 2.11. The van der Waals surface area contributed by atoms with Gasteiger partial charge in [0, 0.05) is 26.1 Å². The maximum absolute atomic E-state index is 12.0. The van der Waals surface area contributed by atoms with Crippen LogP contribution < -0.4 is 5.32 Å². The van der Waals surface area contributed by atoms with Crippen molar-refractivity contribution in [1.82, 2.24) is 20.4 Å². The molecule has 1 saturated heterocycles. The third-order valence-corrected chi connectivity index (χ3v) is 4.56. The normalized spacial score (nSPS) is 27.9. The van der Waals surface area contributed by atoms with Crippen LogP contribution in [0.4, 0.5) is 4.79 Å². The van der Waals surface area contributed by atoms with Crippen molar-refractivity contribution in [3.63, 3.8) is 0 Å². The maximum atomic E-state index is 12.0. The van der Waals surface area contributed by atoms with Gasteiger partial charge >= 0.3 is 6.09 Å². The SMILES string of the molecule is Cc1nnc(CN2C[C@@H]3CC[C@H](NC(=O)OC(C)(C)C)[C@H]3C2)o1. The molecule has 3 rings (SSSR count). The molecule has 2 fully saturated rings. The lowest BCUT2D eigenvalue weighted by Gasteiger charge is -2.24. The van der Waals surface area contributed by atoms with Gasteiger partial charge in [0.15, 0.2) is 0 Å². The molecule has 1 aliphatic carbocycles. The number of hydrogen-bond donors (Lipinski definition) is 1. The van der Waals surface area contributed by atoms with Crippen molar-refractivity contribution < 1.29 is 13.9 Å². The third-order valence-electron chi connectivity index (χ3n) is 4.56. The summed E-state index contributed by atoms with van der Waals surface area (Å²) in [6.07, 6.45) is 1.86. The molecule has 2 heterocycles. The van der Waals surface area contributed by atoms with Crippen LogP contribution in [0.1, 0.15) is 45.4 Å². The van der Waals surface area contributed by atoms with Crippen molar-refractivity contribution in [3.8, 4) is 0 Å². The molecule has 128 valence electrons. The van der Waals surface area contributed by atoms with Crippen LogP contribution in [0.5, 0.6) is 0 Å². The molecule has 1 N–H and O–H groups in total. The number of ether oxygens (including phenoxy) is 1. The second-order valence-corrected chi connectivity index (χ2v) is 7.66. The quantitative estimate of drug-likeness (QED) is 0.918. The molecule has 7 nitrogen and oxygen atoms in total. The lowest BCUT2D eigenvalue weighted by molar-refractivity contribution is 0.0491. The largest absolute Gasteiger partial charge is 0.444 e. The van der Waals surface area contributed by atoms with Gasteiger partial charge < -0.3 is 14.5 Å². The number of rotatable bonds is 3. The Morgan fingerprint density at radius 3 is 2.78 bits per heavy atom. The smallest absolute Gasteiger partial charge is 0.407 e. The molecule has 0 spiro atoms. The van der Waals surface area contributed by atoms with E-state index < -0.39 is 5.60 Å². The van der Waals surface area contributed by atoms with Gasteiger partial charge in [-0.05, 0) is 45.4 Å². The van der Waals surface area contributed by atoms with Crippen molar-refractivity contribution in [1.29, 1.82) is 0 Å². The molecule has 1 aromatic rings. The summed E-state index contributed by atoms with van der Waals surface area (Å²) >= 11 is 0. The number of aryl methyl sites for hydroxylation is 1. The van der Waals surface area contributed by atoms with E-state index in [0.29, 0.717) is 30.2 Å². The lowest BCUT2D eigenvalue weighted by atomic mass is 9.98. The van der Waals surface area contributed by atoms with E-state index in [-0.39, 0.29) is 12.1 Å². The number of hydrogen-bond acceptors (Lipinski definition) is 6. The average Bonchev–Trinajstić information content (AvgIpc) is 3.06. The van der Waals surface area contributed by atoms with Crippen LogP contribution in [0.3, 0.4) is 0 Å². The summed E-state index contributed by atoms with van der Waals surface area (Å²) < 4.78 is 10.8. The van der Waals surface area contributed by atoms with Crippen LogP contribution in [0.15, 0.2) is 4.42 Å². The van der Waals surface area contributed by atoms with Gasteiger partial charge in [-0.2, -0.15) is 0 Å². The molecule has 0 bridgehead atoms. The van der Waals surface area contributed by atoms with Gasteiger partial charge in [-0.15, -0.1) is 10.2 Å². The minimum atomic E-state index is -0.459. The Morgan fingerprint density at radius 2 is 2.13 bits per heavy atom. The Hall–Kier alpha value is -1.63. The first-order valence-corrected chi connectivity index (χ1v) is 8.31. The molecule has 1 saturated carbocycles. The highest BCUT2D eigenvalue weighted by Crippen LogP contribution is 2.38. The molecule has 7 heteroatoms. The number of likely N-dealkylation sites (tertiary alicyclic amines) is 1. The van der Waals surface area contributed by atoms with Crippen molar-refractivity contribution >= 4 is 6.09 Å².